The van der Waals surface area contributed by atoms with E-state index in [0.717, 1.165) is 0 Å². The molecule has 1 aromatic rings. The molecule has 0 aliphatic heterocycles. The van der Waals surface area contributed by atoms with Crippen LogP contribution < -0.4 is 10.6 Å². The molecule has 0 spiro atoms. The molecule has 0 bridgehead atoms. The number of alkyl halides is 3. The fourth-order valence-electron chi connectivity index (χ4n) is 0.842. The Morgan fingerprint density at radius 3 is 2.73 bits per heavy atom. The lowest BCUT2D eigenvalue weighted by atomic mass is 10.5. The number of hydrogen-bond acceptors (Lipinski definition) is 2. The zero-order valence-corrected chi connectivity index (χ0v) is 7.80. The maximum Gasteiger partial charge on any atom is 0.405 e. The first-order valence-electron chi connectivity index (χ1n) is 3.97. The topological polar surface area (TPSA) is 59.0 Å². The van der Waals surface area contributed by atoms with Crippen molar-refractivity contribution >= 4 is 11.7 Å². The summed E-state index contributed by atoms with van der Waals surface area (Å²) in [5.41, 5.74) is 0.331. The number of anilines is 1. The molecule has 5 nitrogen and oxygen atoms in total. The summed E-state index contributed by atoms with van der Waals surface area (Å²) in [5.74, 6) is 0. The van der Waals surface area contributed by atoms with Crippen molar-refractivity contribution in [2.75, 3.05) is 11.9 Å². The minimum Gasteiger partial charge on any atom is -0.329 e. The second kappa shape index (κ2) is 4.20. The largest absolute Gasteiger partial charge is 0.405 e. The van der Waals surface area contributed by atoms with E-state index in [1.165, 1.54) is 17.1 Å². The van der Waals surface area contributed by atoms with Gasteiger partial charge in [0.25, 0.3) is 0 Å². The lowest BCUT2D eigenvalue weighted by Gasteiger charge is -2.08. The van der Waals surface area contributed by atoms with E-state index in [2.05, 4.69) is 10.4 Å². The first-order chi connectivity index (χ1) is 6.87. The van der Waals surface area contributed by atoms with Crippen LogP contribution in [0.3, 0.4) is 0 Å². The molecule has 0 aliphatic rings. The zero-order valence-electron chi connectivity index (χ0n) is 7.80. The summed E-state index contributed by atoms with van der Waals surface area (Å²) in [6.07, 6.45) is -1.62. The van der Waals surface area contributed by atoms with E-state index in [1.807, 2.05) is 0 Å². The highest BCUT2D eigenvalue weighted by molar-refractivity contribution is 5.88. The second-order valence-electron chi connectivity index (χ2n) is 2.83. The Labute approximate surface area is 83.3 Å². The molecular weight excluding hydrogens is 213 g/mol. The number of carbonyl (C=O) groups is 1. The average Bonchev–Trinajstić information content (AvgIpc) is 2.47. The lowest BCUT2D eigenvalue weighted by Crippen LogP contribution is -2.36. The van der Waals surface area contributed by atoms with Gasteiger partial charge in [0.1, 0.15) is 6.54 Å². The molecule has 0 fully saturated rings. The molecule has 2 amide bonds. The highest BCUT2D eigenvalue weighted by atomic mass is 19.4. The molecule has 0 atom stereocenters. The van der Waals surface area contributed by atoms with Crippen LogP contribution in [0.2, 0.25) is 0 Å². The molecule has 0 radical (unpaired) electrons. The van der Waals surface area contributed by atoms with Gasteiger partial charge in [0.05, 0.1) is 11.9 Å². The normalized spacial score (nSPS) is 11.2. The maximum absolute atomic E-state index is 11.7. The van der Waals surface area contributed by atoms with Crippen LogP contribution in [0.25, 0.3) is 0 Å². The Balaban J connectivity index is 2.37. The van der Waals surface area contributed by atoms with Crippen molar-refractivity contribution in [2.45, 2.75) is 6.18 Å². The Kier molecular flexibility index (Phi) is 3.17. The summed E-state index contributed by atoms with van der Waals surface area (Å²) in [6, 6.07) is -0.916. The Morgan fingerprint density at radius 2 is 2.27 bits per heavy atom. The van der Waals surface area contributed by atoms with Crippen LogP contribution in [0.5, 0.6) is 0 Å². The third-order valence-electron chi connectivity index (χ3n) is 1.41. The van der Waals surface area contributed by atoms with Crippen molar-refractivity contribution in [1.29, 1.82) is 0 Å². The van der Waals surface area contributed by atoms with Gasteiger partial charge in [0, 0.05) is 13.2 Å². The minimum absolute atomic E-state index is 0.331. The number of aromatic nitrogens is 2. The summed E-state index contributed by atoms with van der Waals surface area (Å²) >= 11 is 0. The Morgan fingerprint density at radius 1 is 1.60 bits per heavy atom. The third-order valence-corrected chi connectivity index (χ3v) is 1.41. The molecule has 15 heavy (non-hydrogen) atoms. The number of rotatable bonds is 2. The van der Waals surface area contributed by atoms with E-state index >= 15 is 0 Å². The van der Waals surface area contributed by atoms with Crippen LogP contribution in [-0.2, 0) is 7.05 Å². The molecule has 1 aromatic heterocycles. The van der Waals surface area contributed by atoms with Crippen molar-refractivity contribution in [3.8, 4) is 0 Å². The van der Waals surface area contributed by atoms with Crippen LogP contribution in [-0.4, -0.2) is 28.5 Å². The number of urea groups is 1. The predicted molar refractivity (Wildman–Crippen MR) is 46.3 cm³/mol. The molecule has 2 N–H and O–H groups in total. The zero-order chi connectivity index (χ0) is 11.5. The van der Waals surface area contributed by atoms with Crippen LogP contribution in [0.4, 0.5) is 23.7 Å². The lowest BCUT2D eigenvalue weighted by molar-refractivity contribution is -0.122. The molecule has 1 heterocycles. The van der Waals surface area contributed by atoms with Gasteiger partial charge in [0.15, 0.2) is 0 Å². The van der Waals surface area contributed by atoms with Gasteiger partial charge >= 0.3 is 12.2 Å². The SMILES string of the molecule is Cn1cc(NC(=O)NCC(F)(F)F)cn1. The van der Waals surface area contributed by atoms with E-state index in [4.69, 9.17) is 0 Å². The predicted octanol–water partition coefficient (Wildman–Crippen LogP) is 1.10. The monoisotopic (exact) mass is 222 g/mol. The molecule has 0 aliphatic carbocycles. The first-order valence-corrected chi connectivity index (χ1v) is 3.97. The molecule has 0 saturated heterocycles. The average molecular weight is 222 g/mol. The fraction of sp³-hybridized carbons (Fsp3) is 0.429. The smallest absolute Gasteiger partial charge is 0.329 e. The highest BCUT2D eigenvalue weighted by Gasteiger charge is 2.27. The summed E-state index contributed by atoms with van der Waals surface area (Å²) in [6.45, 7) is -1.36. The van der Waals surface area contributed by atoms with Gasteiger partial charge in [-0.1, -0.05) is 0 Å². The Bertz CT molecular complexity index is 346. The second-order valence-corrected chi connectivity index (χ2v) is 2.83. The van der Waals surface area contributed by atoms with E-state index in [-0.39, 0.29) is 0 Å². The molecule has 84 valence electrons. The molecule has 0 saturated carbocycles. The molecule has 8 heteroatoms. The van der Waals surface area contributed by atoms with E-state index in [1.54, 1.807) is 12.4 Å². The first kappa shape index (κ1) is 11.3. The summed E-state index contributed by atoms with van der Waals surface area (Å²) in [7, 11) is 1.62. The van der Waals surface area contributed by atoms with Crippen molar-refractivity contribution < 1.29 is 18.0 Å². The van der Waals surface area contributed by atoms with Gasteiger partial charge in [-0.2, -0.15) is 18.3 Å². The molecular formula is C7H9F3N4O. The number of halogens is 3. The summed E-state index contributed by atoms with van der Waals surface area (Å²) in [5, 5.41) is 7.60. The summed E-state index contributed by atoms with van der Waals surface area (Å²) in [4.78, 5) is 10.9. The fourth-order valence-corrected chi connectivity index (χ4v) is 0.842. The van der Waals surface area contributed by atoms with Gasteiger partial charge < -0.3 is 10.6 Å². The maximum atomic E-state index is 11.7. The van der Waals surface area contributed by atoms with Crippen LogP contribution in [0, 0.1) is 0 Å². The number of nitrogens with zero attached hydrogens (tertiary/aromatic N) is 2. The Hall–Kier alpha value is -1.73. The van der Waals surface area contributed by atoms with Crippen LogP contribution in [0.1, 0.15) is 0 Å². The number of amides is 2. The van der Waals surface area contributed by atoms with Gasteiger partial charge in [-0.15, -0.1) is 0 Å². The van der Waals surface area contributed by atoms with E-state index in [9.17, 15) is 18.0 Å². The number of nitrogens with one attached hydrogen (secondary N) is 2. The number of hydrogen-bond donors (Lipinski definition) is 2. The van der Waals surface area contributed by atoms with Gasteiger partial charge in [-0.05, 0) is 0 Å². The molecule has 0 unspecified atom stereocenters. The van der Waals surface area contributed by atoms with Crippen LogP contribution >= 0.6 is 0 Å². The van der Waals surface area contributed by atoms with Crippen molar-refractivity contribution in [2.24, 2.45) is 7.05 Å². The van der Waals surface area contributed by atoms with Crippen molar-refractivity contribution in [1.82, 2.24) is 15.1 Å². The van der Waals surface area contributed by atoms with Crippen LogP contribution in [0.15, 0.2) is 12.4 Å². The standard InChI is InChI=1S/C7H9F3N4O/c1-14-3-5(2-12-14)13-6(15)11-4-7(8,9)10/h2-3H,4H2,1H3,(H2,11,13,15). The summed E-state index contributed by atoms with van der Waals surface area (Å²) < 4.78 is 36.5. The van der Waals surface area contributed by atoms with Gasteiger partial charge in [-0.3, -0.25) is 4.68 Å². The number of carbonyl (C=O) groups excluding carboxylic acids is 1. The minimum atomic E-state index is -4.41. The van der Waals surface area contributed by atoms with Crippen molar-refractivity contribution in [3.05, 3.63) is 12.4 Å². The molecule has 0 aromatic carbocycles. The number of aryl methyl sites for hydroxylation is 1. The highest BCUT2D eigenvalue weighted by Crippen LogP contribution is 2.12. The van der Waals surface area contributed by atoms with E-state index in [0.29, 0.717) is 5.69 Å². The quantitative estimate of drug-likeness (QED) is 0.787. The van der Waals surface area contributed by atoms with E-state index < -0.39 is 18.8 Å². The van der Waals surface area contributed by atoms with Gasteiger partial charge in [0.2, 0.25) is 0 Å². The molecule has 1 rings (SSSR count). The van der Waals surface area contributed by atoms with Crippen molar-refractivity contribution in [3.63, 3.8) is 0 Å². The van der Waals surface area contributed by atoms with Gasteiger partial charge in [-0.25, -0.2) is 4.79 Å². The third kappa shape index (κ3) is 4.34.